The van der Waals surface area contributed by atoms with Gasteiger partial charge < -0.3 is 20.2 Å². The molecule has 1 amide bonds. The number of nitriles is 2. The first-order valence-corrected chi connectivity index (χ1v) is 5.91. The van der Waals surface area contributed by atoms with Crippen LogP contribution in [0.3, 0.4) is 0 Å². The van der Waals surface area contributed by atoms with E-state index in [-0.39, 0.29) is 6.54 Å². The van der Waals surface area contributed by atoms with Gasteiger partial charge in [0.05, 0.1) is 11.0 Å². The molecule has 10 nitrogen and oxygen atoms in total. The van der Waals surface area contributed by atoms with Gasteiger partial charge in [-0.15, -0.1) is 0 Å². The molecular formula is C13H10N4O6. The molecule has 0 saturated heterocycles. The zero-order chi connectivity index (χ0) is 17.7. The van der Waals surface area contributed by atoms with Gasteiger partial charge in [0.2, 0.25) is 5.75 Å². The summed E-state index contributed by atoms with van der Waals surface area (Å²) in [5.41, 5.74) is -2.11. The van der Waals surface area contributed by atoms with Crippen LogP contribution in [0.15, 0.2) is 17.7 Å². The monoisotopic (exact) mass is 318 g/mol. The Morgan fingerprint density at radius 1 is 1.39 bits per heavy atom. The van der Waals surface area contributed by atoms with E-state index in [0.717, 1.165) is 11.0 Å². The molecule has 0 heterocycles. The average Bonchev–Trinajstić information content (AvgIpc) is 2.50. The molecule has 0 saturated carbocycles. The number of hydrogen-bond donors (Lipinski definition) is 3. The first-order chi connectivity index (χ1) is 10.7. The van der Waals surface area contributed by atoms with Crippen LogP contribution in [-0.2, 0) is 4.79 Å². The summed E-state index contributed by atoms with van der Waals surface area (Å²) >= 11 is 0. The summed E-state index contributed by atoms with van der Waals surface area (Å²) in [6.45, 7) is -0.349. The van der Waals surface area contributed by atoms with E-state index in [1.807, 2.05) is 0 Å². The minimum Gasteiger partial charge on any atom is -0.506 e. The summed E-state index contributed by atoms with van der Waals surface area (Å²) in [4.78, 5) is 22.6. The van der Waals surface area contributed by atoms with Gasteiger partial charge in [-0.3, -0.25) is 14.9 Å². The minimum absolute atomic E-state index is 0.349. The van der Waals surface area contributed by atoms with Gasteiger partial charge >= 0.3 is 5.69 Å². The molecule has 1 aromatic carbocycles. The predicted molar refractivity (Wildman–Crippen MR) is 74.8 cm³/mol. The highest BCUT2D eigenvalue weighted by molar-refractivity contribution is 6.03. The van der Waals surface area contributed by atoms with Gasteiger partial charge in [0.25, 0.3) is 5.91 Å². The van der Waals surface area contributed by atoms with Gasteiger partial charge in [0.1, 0.15) is 18.4 Å². The number of carbonyl (C=O) groups excluding carboxylic acids is 1. The Kier molecular flexibility index (Phi) is 5.09. The highest BCUT2D eigenvalue weighted by atomic mass is 16.6. The van der Waals surface area contributed by atoms with Crippen molar-refractivity contribution in [1.82, 2.24) is 4.90 Å². The van der Waals surface area contributed by atoms with E-state index in [1.165, 1.54) is 13.1 Å². The highest BCUT2D eigenvalue weighted by Gasteiger charge is 2.24. The van der Waals surface area contributed by atoms with Crippen molar-refractivity contribution >= 4 is 17.4 Å². The number of nitro benzene ring substituents is 1. The molecule has 3 N–H and O–H groups in total. The van der Waals surface area contributed by atoms with Crippen molar-refractivity contribution in [3.63, 3.8) is 0 Å². The third-order valence-corrected chi connectivity index (χ3v) is 2.76. The number of benzene rings is 1. The summed E-state index contributed by atoms with van der Waals surface area (Å²) < 4.78 is 0. The molecular weight excluding hydrogens is 308 g/mol. The number of likely N-dealkylation sites (N-methyl/N-ethyl adjacent to an activating group) is 1. The van der Waals surface area contributed by atoms with E-state index >= 15 is 0 Å². The number of aromatic hydroxyl groups is 2. The van der Waals surface area contributed by atoms with E-state index in [4.69, 9.17) is 10.5 Å². The van der Waals surface area contributed by atoms with Crippen molar-refractivity contribution in [2.24, 2.45) is 0 Å². The zero-order valence-electron chi connectivity index (χ0n) is 11.7. The summed E-state index contributed by atoms with van der Waals surface area (Å²) in [7, 11) is 1.22. The SMILES string of the molecule is CN(CC#N)C(=O)/C(C#N)=C(\O)c1cc(O)c(O)c([N+](=O)[O-])c1. The lowest BCUT2D eigenvalue weighted by atomic mass is 10.1. The van der Waals surface area contributed by atoms with E-state index in [0.29, 0.717) is 6.07 Å². The molecule has 0 atom stereocenters. The number of phenolic OH excluding ortho intramolecular Hbond substituents is 2. The fourth-order valence-electron chi connectivity index (χ4n) is 1.60. The van der Waals surface area contributed by atoms with Crippen LogP contribution in [0.2, 0.25) is 0 Å². The Balaban J connectivity index is 3.49. The largest absolute Gasteiger partial charge is 0.506 e. The Hall–Kier alpha value is -3.79. The number of hydrogen-bond acceptors (Lipinski definition) is 8. The number of aliphatic hydroxyl groups excluding tert-OH is 1. The Morgan fingerprint density at radius 2 is 2.00 bits per heavy atom. The lowest BCUT2D eigenvalue weighted by molar-refractivity contribution is -0.386. The molecule has 0 aliphatic carbocycles. The second-order valence-electron chi connectivity index (χ2n) is 4.27. The van der Waals surface area contributed by atoms with Crippen LogP contribution >= 0.6 is 0 Å². The first-order valence-electron chi connectivity index (χ1n) is 5.91. The normalized spacial score (nSPS) is 10.9. The van der Waals surface area contributed by atoms with Crippen molar-refractivity contribution < 1.29 is 25.0 Å². The predicted octanol–water partition coefficient (Wildman–Crippen LogP) is 0.781. The molecule has 23 heavy (non-hydrogen) atoms. The van der Waals surface area contributed by atoms with Gasteiger partial charge in [0.15, 0.2) is 11.3 Å². The number of nitro groups is 1. The average molecular weight is 318 g/mol. The molecule has 0 bridgehead atoms. The third kappa shape index (κ3) is 3.46. The van der Waals surface area contributed by atoms with Gasteiger partial charge in [-0.05, 0) is 6.07 Å². The van der Waals surface area contributed by atoms with Crippen LogP contribution in [-0.4, -0.2) is 44.6 Å². The first kappa shape index (κ1) is 17.3. The Bertz CT molecular complexity index is 787. The van der Waals surface area contributed by atoms with E-state index in [1.54, 1.807) is 6.07 Å². The van der Waals surface area contributed by atoms with Crippen molar-refractivity contribution in [3.8, 4) is 23.6 Å². The second-order valence-corrected chi connectivity index (χ2v) is 4.27. The Morgan fingerprint density at radius 3 is 2.48 bits per heavy atom. The summed E-state index contributed by atoms with van der Waals surface area (Å²) in [5.74, 6) is -3.84. The number of aliphatic hydroxyl groups is 1. The van der Waals surface area contributed by atoms with Crippen molar-refractivity contribution in [2.45, 2.75) is 0 Å². The molecule has 0 fully saturated rings. The highest BCUT2D eigenvalue weighted by Crippen LogP contribution is 2.38. The fourth-order valence-corrected chi connectivity index (χ4v) is 1.60. The quantitative estimate of drug-likeness (QED) is 0.139. The molecule has 1 rings (SSSR count). The maximum Gasteiger partial charge on any atom is 0.315 e. The van der Waals surface area contributed by atoms with Crippen molar-refractivity contribution in [1.29, 1.82) is 10.5 Å². The number of nitrogens with zero attached hydrogens (tertiary/aromatic N) is 4. The third-order valence-electron chi connectivity index (χ3n) is 2.76. The summed E-state index contributed by atoms with van der Waals surface area (Å²) in [6, 6.07) is 4.56. The lowest BCUT2D eigenvalue weighted by Gasteiger charge is -2.13. The molecule has 118 valence electrons. The molecule has 0 unspecified atom stereocenters. The van der Waals surface area contributed by atoms with Crippen molar-refractivity contribution in [3.05, 3.63) is 33.4 Å². The number of phenols is 2. The molecule has 0 spiro atoms. The van der Waals surface area contributed by atoms with Crippen LogP contribution < -0.4 is 0 Å². The van der Waals surface area contributed by atoms with E-state index < -0.39 is 44.9 Å². The van der Waals surface area contributed by atoms with Crippen LogP contribution in [0.4, 0.5) is 5.69 Å². The number of amides is 1. The van der Waals surface area contributed by atoms with Gasteiger partial charge in [0, 0.05) is 18.7 Å². The molecule has 10 heteroatoms. The smallest absolute Gasteiger partial charge is 0.315 e. The maximum atomic E-state index is 11.9. The van der Waals surface area contributed by atoms with Crippen molar-refractivity contribution in [2.75, 3.05) is 13.6 Å². The van der Waals surface area contributed by atoms with Gasteiger partial charge in [-0.1, -0.05) is 0 Å². The molecule has 0 aromatic heterocycles. The second kappa shape index (κ2) is 6.78. The van der Waals surface area contributed by atoms with Crippen LogP contribution in [0.5, 0.6) is 11.5 Å². The topological polar surface area (TPSA) is 172 Å². The maximum absolute atomic E-state index is 11.9. The molecule has 0 aliphatic rings. The summed E-state index contributed by atoms with van der Waals surface area (Å²) in [5, 5.41) is 57.1. The lowest BCUT2D eigenvalue weighted by Crippen LogP contribution is -2.28. The van der Waals surface area contributed by atoms with Gasteiger partial charge in [-0.2, -0.15) is 10.5 Å². The Labute approximate surface area is 129 Å². The van der Waals surface area contributed by atoms with Crippen LogP contribution in [0, 0.1) is 32.8 Å². The van der Waals surface area contributed by atoms with Crippen LogP contribution in [0.25, 0.3) is 5.76 Å². The standard InChI is InChI=1S/C13H10N4O6/c1-16(3-2-14)13(21)8(6-15)11(19)7-4-9(17(22)23)12(20)10(18)5-7/h4-5,18-20H,3H2,1H3/b11-8-. The summed E-state index contributed by atoms with van der Waals surface area (Å²) in [6.07, 6.45) is 0. The fraction of sp³-hybridized carbons (Fsp3) is 0.154. The minimum atomic E-state index is -1.02. The van der Waals surface area contributed by atoms with E-state index in [9.17, 15) is 30.2 Å². The number of carbonyl (C=O) groups is 1. The number of rotatable bonds is 4. The zero-order valence-corrected chi connectivity index (χ0v) is 11.7. The molecule has 0 radical (unpaired) electrons. The molecule has 1 aromatic rings. The van der Waals surface area contributed by atoms with Gasteiger partial charge in [-0.25, -0.2) is 0 Å². The van der Waals surface area contributed by atoms with Crippen LogP contribution in [0.1, 0.15) is 5.56 Å². The molecule has 0 aliphatic heterocycles. The van der Waals surface area contributed by atoms with E-state index in [2.05, 4.69) is 0 Å².